The zero-order valence-electron chi connectivity index (χ0n) is 10.4. The Morgan fingerprint density at radius 1 is 1.29 bits per heavy atom. The maximum absolute atomic E-state index is 5.15. The van der Waals surface area contributed by atoms with E-state index in [1.165, 1.54) is 5.56 Å². The van der Waals surface area contributed by atoms with Crippen molar-refractivity contribution < 1.29 is 9.30 Å². The molecule has 0 aliphatic rings. The lowest BCUT2D eigenvalue weighted by Gasteiger charge is -2.08. The van der Waals surface area contributed by atoms with Crippen LogP contribution in [0, 0.1) is 0 Å². The molecule has 2 aromatic rings. The summed E-state index contributed by atoms with van der Waals surface area (Å²) in [5.41, 5.74) is 1.36. The molecule has 3 heteroatoms. The van der Waals surface area contributed by atoms with E-state index < -0.39 is 0 Å². The molecular formula is C14H19N2O+. The number of aromatic nitrogens is 2. The van der Waals surface area contributed by atoms with Crippen molar-refractivity contribution in [2.45, 2.75) is 25.8 Å². The topological polar surface area (TPSA) is 28.9 Å². The van der Waals surface area contributed by atoms with Gasteiger partial charge in [0.2, 0.25) is 6.33 Å². The van der Waals surface area contributed by atoms with E-state index in [1.807, 2.05) is 24.7 Å². The number of nitrogens with zero attached hydrogens (tertiary/aromatic N) is 1. The van der Waals surface area contributed by atoms with Gasteiger partial charge in [-0.15, -0.1) is 0 Å². The molecule has 0 spiro atoms. The van der Waals surface area contributed by atoms with Gasteiger partial charge in [0.25, 0.3) is 0 Å². The summed E-state index contributed by atoms with van der Waals surface area (Å²) in [5.74, 6) is 0.918. The Morgan fingerprint density at radius 3 is 2.65 bits per heavy atom. The molecule has 1 atom stereocenters. The number of benzene rings is 1. The molecule has 1 aromatic carbocycles. The van der Waals surface area contributed by atoms with Crippen LogP contribution < -0.4 is 9.30 Å². The molecule has 0 bridgehead atoms. The summed E-state index contributed by atoms with van der Waals surface area (Å²) in [6.07, 6.45) is 8.24. The van der Waals surface area contributed by atoms with Crippen molar-refractivity contribution in [2.24, 2.45) is 0 Å². The molecule has 1 aromatic heterocycles. The van der Waals surface area contributed by atoms with Crippen LogP contribution in [0.2, 0.25) is 0 Å². The Morgan fingerprint density at radius 2 is 2.06 bits per heavy atom. The van der Waals surface area contributed by atoms with Gasteiger partial charge in [0.1, 0.15) is 18.1 Å². The number of hydrogen-bond donors (Lipinski definition) is 1. The first kappa shape index (κ1) is 11.7. The maximum atomic E-state index is 5.15. The second kappa shape index (κ2) is 5.53. The van der Waals surface area contributed by atoms with Crippen LogP contribution in [0.5, 0.6) is 5.75 Å². The molecule has 17 heavy (non-hydrogen) atoms. The third kappa shape index (κ3) is 3.09. The molecule has 0 saturated heterocycles. The molecule has 1 N–H and O–H groups in total. The minimum Gasteiger partial charge on any atom is -0.497 e. The van der Waals surface area contributed by atoms with E-state index in [4.69, 9.17) is 4.74 Å². The summed E-state index contributed by atoms with van der Waals surface area (Å²) in [4.78, 5) is 3.07. The third-order valence-electron chi connectivity index (χ3n) is 3.09. The number of rotatable bonds is 5. The van der Waals surface area contributed by atoms with Gasteiger partial charge in [-0.25, -0.2) is 4.57 Å². The average Bonchev–Trinajstić information content (AvgIpc) is 2.90. The predicted molar refractivity (Wildman–Crippen MR) is 67.0 cm³/mol. The fraction of sp³-hybridized carbons (Fsp3) is 0.357. The second-order valence-corrected chi connectivity index (χ2v) is 4.29. The fourth-order valence-electron chi connectivity index (χ4n) is 1.89. The van der Waals surface area contributed by atoms with Crippen molar-refractivity contribution in [1.29, 1.82) is 0 Å². The van der Waals surface area contributed by atoms with Gasteiger partial charge in [-0.2, -0.15) is 0 Å². The lowest BCUT2D eigenvalue weighted by molar-refractivity contribution is -0.719. The van der Waals surface area contributed by atoms with E-state index in [-0.39, 0.29) is 0 Å². The van der Waals surface area contributed by atoms with E-state index in [0.717, 1.165) is 18.6 Å². The van der Waals surface area contributed by atoms with Gasteiger partial charge in [0.15, 0.2) is 0 Å². The zero-order valence-corrected chi connectivity index (χ0v) is 10.4. The standard InChI is InChI=1S/C14H18N2O/c1-12(16-10-9-15-11-16)3-4-13-5-7-14(17-2)8-6-13/h5-12H,3-4H2,1-2H3/p+1. The monoisotopic (exact) mass is 231 g/mol. The number of aromatic amines is 1. The number of methoxy groups -OCH3 is 1. The normalized spacial score (nSPS) is 12.4. The van der Waals surface area contributed by atoms with E-state index in [2.05, 4.69) is 34.8 Å². The number of ether oxygens (including phenoxy) is 1. The van der Waals surface area contributed by atoms with E-state index in [1.54, 1.807) is 7.11 Å². The summed E-state index contributed by atoms with van der Waals surface area (Å²) in [6, 6.07) is 8.82. The van der Waals surface area contributed by atoms with Gasteiger partial charge in [-0.3, -0.25) is 4.98 Å². The van der Waals surface area contributed by atoms with Crippen molar-refractivity contribution in [3.63, 3.8) is 0 Å². The highest BCUT2D eigenvalue weighted by atomic mass is 16.5. The Balaban J connectivity index is 1.89. The van der Waals surface area contributed by atoms with E-state index in [0.29, 0.717) is 6.04 Å². The molecule has 3 nitrogen and oxygen atoms in total. The summed E-state index contributed by atoms with van der Waals surface area (Å²) in [6.45, 7) is 2.23. The SMILES string of the molecule is COc1ccc(CCC(C)[n+]2cc[nH]c2)cc1. The first-order valence-electron chi connectivity index (χ1n) is 5.96. The minimum absolute atomic E-state index is 0.517. The summed E-state index contributed by atoms with van der Waals surface area (Å²) >= 11 is 0. The van der Waals surface area contributed by atoms with Crippen LogP contribution in [0.4, 0.5) is 0 Å². The minimum atomic E-state index is 0.517. The zero-order chi connectivity index (χ0) is 12.1. The number of H-pyrrole nitrogens is 1. The van der Waals surface area contributed by atoms with Gasteiger partial charge < -0.3 is 4.74 Å². The molecule has 0 aliphatic heterocycles. The Bertz CT molecular complexity index is 434. The lowest BCUT2D eigenvalue weighted by atomic mass is 10.1. The molecule has 0 fully saturated rings. The molecular weight excluding hydrogens is 212 g/mol. The molecule has 0 aliphatic carbocycles. The molecule has 1 unspecified atom stereocenters. The third-order valence-corrected chi connectivity index (χ3v) is 3.09. The van der Waals surface area contributed by atoms with Gasteiger partial charge in [-0.1, -0.05) is 12.1 Å². The van der Waals surface area contributed by atoms with Crippen LogP contribution in [0.25, 0.3) is 0 Å². The van der Waals surface area contributed by atoms with Gasteiger partial charge in [-0.05, 0) is 37.5 Å². The van der Waals surface area contributed by atoms with Gasteiger partial charge >= 0.3 is 0 Å². The Hall–Kier alpha value is -1.77. The summed E-state index contributed by atoms with van der Waals surface area (Å²) in [7, 11) is 1.69. The molecule has 1 heterocycles. The number of aryl methyl sites for hydroxylation is 1. The second-order valence-electron chi connectivity index (χ2n) is 4.29. The molecule has 2 rings (SSSR count). The van der Waals surface area contributed by atoms with Crippen molar-refractivity contribution >= 4 is 0 Å². The van der Waals surface area contributed by atoms with Crippen LogP contribution in [0.1, 0.15) is 24.9 Å². The van der Waals surface area contributed by atoms with Crippen molar-refractivity contribution in [1.82, 2.24) is 4.98 Å². The predicted octanol–water partition coefficient (Wildman–Crippen LogP) is 2.50. The van der Waals surface area contributed by atoms with Crippen LogP contribution in [-0.4, -0.2) is 12.1 Å². The average molecular weight is 231 g/mol. The fourth-order valence-corrected chi connectivity index (χ4v) is 1.89. The lowest BCUT2D eigenvalue weighted by Crippen LogP contribution is -2.35. The Labute approximate surface area is 102 Å². The Kier molecular flexibility index (Phi) is 3.81. The van der Waals surface area contributed by atoms with E-state index in [9.17, 15) is 0 Å². The van der Waals surface area contributed by atoms with Gasteiger partial charge in [0, 0.05) is 0 Å². The van der Waals surface area contributed by atoms with Crippen molar-refractivity contribution in [3.05, 3.63) is 48.5 Å². The molecule has 0 radical (unpaired) electrons. The number of imidazole rings is 1. The first-order chi connectivity index (χ1) is 8.29. The summed E-state index contributed by atoms with van der Waals surface area (Å²) < 4.78 is 7.34. The van der Waals surface area contributed by atoms with Crippen LogP contribution in [-0.2, 0) is 6.42 Å². The van der Waals surface area contributed by atoms with E-state index >= 15 is 0 Å². The highest BCUT2D eigenvalue weighted by molar-refractivity contribution is 5.27. The number of nitrogens with one attached hydrogen (secondary N) is 1. The smallest absolute Gasteiger partial charge is 0.241 e. The molecule has 90 valence electrons. The summed E-state index contributed by atoms with van der Waals surface area (Å²) in [5, 5.41) is 0. The maximum Gasteiger partial charge on any atom is 0.241 e. The van der Waals surface area contributed by atoms with Crippen molar-refractivity contribution in [2.75, 3.05) is 7.11 Å². The molecule has 0 amide bonds. The van der Waals surface area contributed by atoms with Gasteiger partial charge in [0.05, 0.1) is 13.2 Å². The van der Waals surface area contributed by atoms with Crippen LogP contribution >= 0.6 is 0 Å². The van der Waals surface area contributed by atoms with Crippen LogP contribution in [0.3, 0.4) is 0 Å². The molecule has 0 saturated carbocycles. The first-order valence-corrected chi connectivity index (χ1v) is 5.96. The van der Waals surface area contributed by atoms with Crippen molar-refractivity contribution in [3.8, 4) is 5.75 Å². The quantitative estimate of drug-likeness (QED) is 0.787. The largest absolute Gasteiger partial charge is 0.497 e. The highest BCUT2D eigenvalue weighted by Gasteiger charge is 2.08. The number of hydrogen-bond acceptors (Lipinski definition) is 1. The highest BCUT2D eigenvalue weighted by Crippen LogP contribution is 2.14. The van der Waals surface area contributed by atoms with Crippen LogP contribution in [0.15, 0.2) is 43.0 Å².